The molecule has 4 aromatic rings. The maximum atomic E-state index is 12.8. The Morgan fingerprint density at radius 3 is 2.77 bits per heavy atom. The van der Waals surface area contributed by atoms with Gasteiger partial charge in [0.1, 0.15) is 0 Å². The van der Waals surface area contributed by atoms with Crippen LogP contribution in [0.3, 0.4) is 0 Å². The summed E-state index contributed by atoms with van der Waals surface area (Å²) < 4.78 is 2.76. The molecule has 26 heavy (non-hydrogen) atoms. The van der Waals surface area contributed by atoms with Crippen molar-refractivity contribution in [2.75, 3.05) is 11.9 Å². The molecule has 0 unspecified atom stereocenters. The quantitative estimate of drug-likeness (QED) is 0.523. The number of para-hydroxylation sites is 1. The number of carbonyl (C=O) groups is 1. The molecule has 0 radical (unpaired) electrons. The third-order valence-electron chi connectivity index (χ3n) is 4.04. The number of hydrogen-bond acceptors (Lipinski definition) is 4. The van der Waals surface area contributed by atoms with E-state index in [1.54, 1.807) is 29.0 Å². The van der Waals surface area contributed by atoms with Crippen LogP contribution < -0.4 is 4.90 Å². The molecule has 2 aromatic carbocycles. The molecule has 0 N–H and O–H groups in total. The normalized spacial score (nSPS) is 11.0. The van der Waals surface area contributed by atoms with E-state index in [0.29, 0.717) is 22.3 Å². The molecule has 0 bridgehead atoms. The standard InChI is InChI=1S/C19H15ClN4OS/c1-23(19-22-16-8-4-5-9-17(16)26-19)18(25)14-10-21-24(12-14)11-13-6-2-3-7-15(13)20/h2-10,12H,11H2,1H3. The molecule has 0 saturated heterocycles. The molecule has 0 aliphatic rings. The van der Waals surface area contributed by atoms with Gasteiger partial charge in [0.05, 0.1) is 28.5 Å². The number of carbonyl (C=O) groups excluding carboxylic acids is 1. The minimum atomic E-state index is -0.144. The van der Waals surface area contributed by atoms with Crippen LogP contribution >= 0.6 is 22.9 Å². The first kappa shape index (κ1) is 16.8. The molecule has 0 aliphatic carbocycles. The first-order chi connectivity index (χ1) is 12.6. The summed E-state index contributed by atoms with van der Waals surface area (Å²) in [6.07, 6.45) is 3.30. The lowest BCUT2D eigenvalue weighted by Crippen LogP contribution is -2.25. The molecule has 4 rings (SSSR count). The Morgan fingerprint density at radius 1 is 1.19 bits per heavy atom. The van der Waals surface area contributed by atoms with Gasteiger partial charge in [0, 0.05) is 18.3 Å². The molecule has 0 fully saturated rings. The highest BCUT2D eigenvalue weighted by atomic mass is 35.5. The number of fused-ring (bicyclic) bond motifs is 1. The summed E-state index contributed by atoms with van der Waals surface area (Å²) in [5.74, 6) is -0.144. The second-order valence-electron chi connectivity index (χ2n) is 5.85. The number of benzene rings is 2. The van der Waals surface area contributed by atoms with Gasteiger partial charge in [-0.2, -0.15) is 5.10 Å². The molecule has 7 heteroatoms. The molecule has 0 atom stereocenters. The number of amides is 1. The fourth-order valence-electron chi connectivity index (χ4n) is 2.65. The zero-order chi connectivity index (χ0) is 18.1. The van der Waals surface area contributed by atoms with Gasteiger partial charge in [0.15, 0.2) is 5.13 Å². The van der Waals surface area contributed by atoms with Crippen molar-refractivity contribution in [3.63, 3.8) is 0 Å². The topological polar surface area (TPSA) is 51.0 Å². The highest BCUT2D eigenvalue weighted by Crippen LogP contribution is 2.28. The third kappa shape index (κ3) is 3.21. The van der Waals surface area contributed by atoms with Crippen molar-refractivity contribution in [3.05, 3.63) is 77.1 Å². The van der Waals surface area contributed by atoms with Crippen LogP contribution in [0.5, 0.6) is 0 Å². The average Bonchev–Trinajstić information content (AvgIpc) is 3.29. The zero-order valence-electron chi connectivity index (χ0n) is 14.0. The van der Waals surface area contributed by atoms with Crippen molar-refractivity contribution in [2.24, 2.45) is 0 Å². The van der Waals surface area contributed by atoms with E-state index in [0.717, 1.165) is 15.8 Å². The zero-order valence-corrected chi connectivity index (χ0v) is 15.5. The number of rotatable bonds is 4. The van der Waals surface area contributed by atoms with Crippen LogP contribution in [0.25, 0.3) is 10.2 Å². The molecular weight excluding hydrogens is 368 g/mol. The average molecular weight is 383 g/mol. The summed E-state index contributed by atoms with van der Waals surface area (Å²) in [4.78, 5) is 18.8. The molecule has 5 nitrogen and oxygen atoms in total. The van der Waals surface area contributed by atoms with Crippen LogP contribution in [0.15, 0.2) is 60.9 Å². The molecule has 2 aromatic heterocycles. The summed E-state index contributed by atoms with van der Waals surface area (Å²) in [5.41, 5.74) is 2.36. The van der Waals surface area contributed by atoms with Gasteiger partial charge in [-0.25, -0.2) is 4.98 Å². The fourth-order valence-corrected chi connectivity index (χ4v) is 3.77. The van der Waals surface area contributed by atoms with Gasteiger partial charge in [-0.1, -0.05) is 53.3 Å². The number of aromatic nitrogens is 3. The predicted octanol–water partition coefficient (Wildman–Crippen LogP) is 4.47. The van der Waals surface area contributed by atoms with Crippen molar-refractivity contribution in [1.29, 1.82) is 0 Å². The van der Waals surface area contributed by atoms with Crippen molar-refractivity contribution in [2.45, 2.75) is 6.54 Å². The Balaban J connectivity index is 1.54. The second-order valence-corrected chi connectivity index (χ2v) is 7.26. The van der Waals surface area contributed by atoms with Crippen LogP contribution in [-0.2, 0) is 6.54 Å². The van der Waals surface area contributed by atoms with Gasteiger partial charge in [0.25, 0.3) is 5.91 Å². The Kier molecular flexibility index (Phi) is 4.44. The van der Waals surface area contributed by atoms with Crippen LogP contribution in [-0.4, -0.2) is 27.7 Å². The lowest BCUT2D eigenvalue weighted by Gasteiger charge is -2.11. The first-order valence-corrected chi connectivity index (χ1v) is 9.21. The van der Waals surface area contributed by atoms with Crippen LogP contribution in [0.1, 0.15) is 15.9 Å². The molecule has 130 valence electrons. The number of hydrogen-bond donors (Lipinski definition) is 0. The van der Waals surface area contributed by atoms with E-state index >= 15 is 0 Å². The molecule has 2 heterocycles. The Bertz CT molecular complexity index is 1050. The van der Waals surface area contributed by atoms with E-state index in [9.17, 15) is 4.79 Å². The van der Waals surface area contributed by atoms with Gasteiger partial charge >= 0.3 is 0 Å². The summed E-state index contributed by atoms with van der Waals surface area (Å²) in [7, 11) is 1.73. The maximum Gasteiger partial charge on any atom is 0.262 e. The summed E-state index contributed by atoms with van der Waals surface area (Å²) in [6, 6.07) is 15.4. The summed E-state index contributed by atoms with van der Waals surface area (Å²) in [5, 5.41) is 5.63. The summed E-state index contributed by atoms with van der Waals surface area (Å²) >= 11 is 7.68. The number of anilines is 1. The predicted molar refractivity (Wildman–Crippen MR) is 105 cm³/mol. The number of halogens is 1. The van der Waals surface area contributed by atoms with E-state index in [1.807, 2.05) is 48.5 Å². The second kappa shape index (κ2) is 6.90. The van der Waals surface area contributed by atoms with Gasteiger partial charge in [-0.3, -0.25) is 14.4 Å². The molecule has 0 spiro atoms. The van der Waals surface area contributed by atoms with E-state index in [-0.39, 0.29) is 5.91 Å². The maximum absolute atomic E-state index is 12.8. The van der Waals surface area contributed by atoms with Crippen molar-refractivity contribution in [1.82, 2.24) is 14.8 Å². The van der Waals surface area contributed by atoms with E-state index in [1.165, 1.54) is 11.3 Å². The highest BCUT2D eigenvalue weighted by Gasteiger charge is 2.19. The van der Waals surface area contributed by atoms with Crippen molar-refractivity contribution < 1.29 is 4.79 Å². The van der Waals surface area contributed by atoms with E-state index < -0.39 is 0 Å². The lowest BCUT2D eigenvalue weighted by atomic mass is 10.2. The highest BCUT2D eigenvalue weighted by molar-refractivity contribution is 7.22. The van der Waals surface area contributed by atoms with Crippen molar-refractivity contribution in [3.8, 4) is 0 Å². The minimum absolute atomic E-state index is 0.144. The SMILES string of the molecule is CN(C(=O)c1cnn(Cc2ccccc2Cl)c1)c1nc2ccccc2s1. The fraction of sp³-hybridized carbons (Fsp3) is 0.105. The monoisotopic (exact) mass is 382 g/mol. The Labute approximate surface area is 159 Å². The minimum Gasteiger partial charge on any atom is -0.287 e. The largest absolute Gasteiger partial charge is 0.287 e. The van der Waals surface area contributed by atoms with Crippen LogP contribution in [0.4, 0.5) is 5.13 Å². The first-order valence-electron chi connectivity index (χ1n) is 8.01. The molecule has 1 amide bonds. The smallest absolute Gasteiger partial charge is 0.262 e. The Morgan fingerprint density at radius 2 is 1.96 bits per heavy atom. The molecular formula is C19H15ClN4OS. The summed E-state index contributed by atoms with van der Waals surface area (Å²) in [6.45, 7) is 0.512. The van der Waals surface area contributed by atoms with Crippen LogP contribution in [0, 0.1) is 0 Å². The van der Waals surface area contributed by atoms with Gasteiger partial charge in [0.2, 0.25) is 0 Å². The number of nitrogens with zero attached hydrogens (tertiary/aromatic N) is 4. The van der Waals surface area contributed by atoms with Gasteiger partial charge in [-0.05, 0) is 23.8 Å². The van der Waals surface area contributed by atoms with Crippen molar-refractivity contribution >= 4 is 44.2 Å². The van der Waals surface area contributed by atoms with Crippen LogP contribution in [0.2, 0.25) is 5.02 Å². The van der Waals surface area contributed by atoms with E-state index in [2.05, 4.69) is 10.1 Å². The number of thiazole rings is 1. The van der Waals surface area contributed by atoms with Gasteiger partial charge in [-0.15, -0.1) is 0 Å². The van der Waals surface area contributed by atoms with E-state index in [4.69, 9.17) is 11.6 Å². The lowest BCUT2D eigenvalue weighted by molar-refractivity contribution is 0.0993. The molecule has 0 aliphatic heterocycles. The molecule has 0 saturated carbocycles. The Hall–Kier alpha value is -2.70. The third-order valence-corrected chi connectivity index (χ3v) is 5.53. The van der Waals surface area contributed by atoms with Gasteiger partial charge < -0.3 is 0 Å².